The van der Waals surface area contributed by atoms with Crippen molar-refractivity contribution in [3.05, 3.63) is 134 Å². The number of esters is 2. The molecule has 0 bridgehead atoms. The quantitative estimate of drug-likeness (QED) is 0.215. The predicted molar refractivity (Wildman–Crippen MR) is 155 cm³/mol. The van der Waals surface area contributed by atoms with E-state index in [2.05, 4.69) is 32.0 Å². The number of carbonyl (C=O) groups excluding carboxylic acids is 2. The molecule has 0 aliphatic rings. The minimum absolute atomic E-state index is 0.00396. The summed E-state index contributed by atoms with van der Waals surface area (Å²) in [5, 5.41) is 0. The summed E-state index contributed by atoms with van der Waals surface area (Å²) in [7, 11) is 2.48. The Balaban J connectivity index is 0.000000225. The van der Waals surface area contributed by atoms with Crippen LogP contribution in [0.3, 0.4) is 0 Å². The maximum absolute atomic E-state index is 12.5. The smallest absolute Gasteiger partial charge is 0.343 e. The molecule has 0 atom stereocenters. The average Bonchev–Trinajstić information content (AvgIpc) is 2.98. The molecule has 2 aromatic carbocycles. The standard InChI is InChI=1S/C17H17NO4.C13H10BrNO3/c1-4-22-12(2)13-10-15(17(20)21-3)16(19)18(11-13)14-8-6-5-7-9-14;1-18-13(17)11-7-9(14)8-15(12(11)16)10-5-3-2-4-6-10/h5-11H,2,4H2,1,3H3;2-8H,1H3. The lowest BCUT2D eigenvalue weighted by Crippen LogP contribution is -2.26. The van der Waals surface area contributed by atoms with E-state index >= 15 is 0 Å². The zero-order valence-electron chi connectivity index (χ0n) is 22.1. The summed E-state index contributed by atoms with van der Waals surface area (Å²) < 4.78 is 18.0. The number of para-hydroxylation sites is 2. The first-order chi connectivity index (χ1) is 19.2. The molecule has 0 aliphatic heterocycles. The van der Waals surface area contributed by atoms with Gasteiger partial charge in [0.05, 0.1) is 20.8 Å². The van der Waals surface area contributed by atoms with E-state index in [0.717, 1.165) is 0 Å². The summed E-state index contributed by atoms with van der Waals surface area (Å²) in [6, 6.07) is 21.0. The molecule has 206 valence electrons. The molecule has 2 heterocycles. The zero-order valence-corrected chi connectivity index (χ0v) is 23.7. The lowest BCUT2D eigenvalue weighted by atomic mass is 10.1. The molecule has 0 saturated heterocycles. The second-order valence-electron chi connectivity index (χ2n) is 8.08. The zero-order chi connectivity index (χ0) is 29.2. The van der Waals surface area contributed by atoms with Crippen molar-refractivity contribution in [1.29, 1.82) is 0 Å². The molecule has 4 aromatic rings. The van der Waals surface area contributed by atoms with Crippen LogP contribution in [-0.2, 0) is 14.2 Å². The number of rotatable bonds is 7. The van der Waals surface area contributed by atoms with E-state index in [1.165, 1.54) is 35.5 Å². The second-order valence-corrected chi connectivity index (χ2v) is 8.99. The highest BCUT2D eigenvalue weighted by Gasteiger charge is 2.17. The Labute approximate surface area is 239 Å². The summed E-state index contributed by atoms with van der Waals surface area (Å²) in [5.74, 6) is -0.954. The number of ether oxygens (including phenoxy) is 3. The number of benzene rings is 2. The van der Waals surface area contributed by atoms with Crippen LogP contribution in [0.15, 0.2) is 106 Å². The van der Waals surface area contributed by atoms with E-state index in [4.69, 9.17) is 4.74 Å². The Kier molecular flexibility index (Phi) is 10.4. The lowest BCUT2D eigenvalue weighted by Gasteiger charge is -2.13. The second kappa shape index (κ2) is 13.9. The number of nitrogens with zero attached hydrogens (tertiary/aromatic N) is 2. The largest absolute Gasteiger partial charge is 0.494 e. The fraction of sp³-hybridized carbons (Fsp3) is 0.133. The fourth-order valence-electron chi connectivity index (χ4n) is 3.61. The van der Waals surface area contributed by atoms with E-state index in [1.54, 1.807) is 36.7 Å². The van der Waals surface area contributed by atoms with Crippen LogP contribution in [0.25, 0.3) is 17.1 Å². The number of hydrogen-bond donors (Lipinski definition) is 0. The van der Waals surface area contributed by atoms with E-state index in [-0.39, 0.29) is 11.1 Å². The highest BCUT2D eigenvalue weighted by molar-refractivity contribution is 9.10. The highest BCUT2D eigenvalue weighted by Crippen LogP contribution is 2.17. The number of pyridine rings is 2. The molecule has 0 N–H and O–H groups in total. The van der Waals surface area contributed by atoms with Crippen molar-refractivity contribution in [2.45, 2.75) is 6.92 Å². The SMILES string of the molecule is C=C(OCC)c1cc(C(=O)OC)c(=O)n(-c2ccccc2)c1.COC(=O)c1cc(Br)cn(-c2ccccc2)c1=O. The Morgan fingerprint density at radius 1 is 0.775 bits per heavy atom. The van der Waals surface area contributed by atoms with Crippen LogP contribution in [0.2, 0.25) is 0 Å². The molecular formula is C30H27BrN2O7. The van der Waals surface area contributed by atoms with Crippen LogP contribution >= 0.6 is 15.9 Å². The Hall–Kier alpha value is -4.70. The van der Waals surface area contributed by atoms with Crippen molar-refractivity contribution < 1.29 is 23.8 Å². The van der Waals surface area contributed by atoms with E-state index in [0.29, 0.717) is 33.8 Å². The Morgan fingerprint density at radius 3 is 1.68 bits per heavy atom. The molecule has 0 saturated carbocycles. The molecule has 0 aliphatic carbocycles. The van der Waals surface area contributed by atoms with Gasteiger partial charge in [-0.3, -0.25) is 18.7 Å². The monoisotopic (exact) mass is 606 g/mol. The van der Waals surface area contributed by atoms with Crippen molar-refractivity contribution in [3.63, 3.8) is 0 Å². The summed E-state index contributed by atoms with van der Waals surface area (Å²) in [4.78, 5) is 48.0. The van der Waals surface area contributed by atoms with Gasteiger partial charge in [-0.1, -0.05) is 43.0 Å². The van der Waals surface area contributed by atoms with Gasteiger partial charge in [0.25, 0.3) is 11.1 Å². The Bertz CT molecular complexity index is 1630. The van der Waals surface area contributed by atoms with Gasteiger partial charge in [-0.05, 0) is 59.3 Å². The highest BCUT2D eigenvalue weighted by atomic mass is 79.9. The third-order valence-corrected chi connectivity index (χ3v) is 5.95. The van der Waals surface area contributed by atoms with Gasteiger partial charge in [0.15, 0.2) is 0 Å². The summed E-state index contributed by atoms with van der Waals surface area (Å²) in [5.41, 5.74) is 0.950. The molecule has 0 fully saturated rings. The average molecular weight is 607 g/mol. The maximum atomic E-state index is 12.5. The molecular weight excluding hydrogens is 580 g/mol. The first kappa shape index (κ1) is 29.9. The van der Waals surface area contributed by atoms with Gasteiger partial charge in [0, 0.05) is 33.8 Å². The first-order valence-electron chi connectivity index (χ1n) is 12.0. The molecule has 0 radical (unpaired) electrons. The van der Waals surface area contributed by atoms with Crippen LogP contribution in [0.1, 0.15) is 33.2 Å². The summed E-state index contributed by atoms with van der Waals surface area (Å²) in [6.07, 6.45) is 3.21. The molecule has 0 amide bonds. The lowest BCUT2D eigenvalue weighted by molar-refractivity contribution is 0.0589. The fourth-order valence-corrected chi connectivity index (χ4v) is 4.05. The third-order valence-electron chi connectivity index (χ3n) is 5.52. The van der Waals surface area contributed by atoms with Crippen LogP contribution in [-0.4, -0.2) is 41.9 Å². The van der Waals surface area contributed by atoms with Crippen molar-refractivity contribution in [3.8, 4) is 11.4 Å². The van der Waals surface area contributed by atoms with Crippen LogP contribution < -0.4 is 11.1 Å². The van der Waals surface area contributed by atoms with Crippen LogP contribution in [0.5, 0.6) is 0 Å². The third kappa shape index (κ3) is 7.03. The van der Waals surface area contributed by atoms with Crippen LogP contribution in [0, 0.1) is 0 Å². The molecule has 0 spiro atoms. The number of carbonyl (C=O) groups is 2. The van der Waals surface area contributed by atoms with Gasteiger partial charge in [-0.2, -0.15) is 0 Å². The number of methoxy groups -OCH3 is 2. The van der Waals surface area contributed by atoms with Gasteiger partial charge in [-0.25, -0.2) is 9.59 Å². The van der Waals surface area contributed by atoms with E-state index in [9.17, 15) is 19.2 Å². The van der Waals surface area contributed by atoms with E-state index < -0.39 is 23.1 Å². The van der Waals surface area contributed by atoms with Crippen molar-refractivity contribution in [2.75, 3.05) is 20.8 Å². The van der Waals surface area contributed by atoms with E-state index in [1.807, 2.05) is 43.3 Å². The summed E-state index contributed by atoms with van der Waals surface area (Å²) >= 11 is 3.27. The minimum atomic E-state index is -0.694. The van der Waals surface area contributed by atoms with Gasteiger partial charge in [-0.15, -0.1) is 0 Å². The summed E-state index contributed by atoms with van der Waals surface area (Å²) in [6.45, 7) is 6.09. The van der Waals surface area contributed by atoms with Gasteiger partial charge in [0.2, 0.25) is 0 Å². The molecule has 10 heteroatoms. The minimum Gasteiger partial charge on any atom is -0.494 e. The number of aromatic nitrogens is 2. The molecule has 9 nitrogen and oxygen atoms in total. The van der Waals surface area contributed by atoms with Gasteiger partial charge < -0.3 is 14.2 Å². The first-order valence-corrected chi connectivity index (χ1v) is 12.8. The molecule has 2 aromatic heterocycles. The van der Waals surface area contributed by atoms with Crippen molar-refractivity contribution in [2.24, 2.45) is 0 Å². The van der Waals surface area contributed by atoms with Gasteiger partial charge >= 0.3 is 11.9 Å². The van der Waals surface area contributed by atoms with Gasteiger partial charge in [0.1, 0.15) is 16.9 Å². The normalized spacial score (nSPS) is 10.1. The Morgan fingerprint density at radius 2 is 1.23 bits per heavy atom. The van der Waals surface area contributed by atoms with Crippen LogP contribution in [0.4, 0.5) is 0 Å². The molecule has 0 unspecified atom stereocenters. The molecule has 4 rings (SSSR count). The van der Waals surface area contributed by atoms with Crippen molar-refractivity contribution in [1.82, 2.24) is 9.13 Å². The topological polar surface area (TPSA) is 106 Å². The predicted octanol–water partition coefficient (Wildman–Crippen LogP) is 5.02. The maximum Gasteiger partial charge on any atom is 0.343 e. The number of halogens is 1. The molecule has 40 heavy (non-hydrogen) atoms. The van der Waals surface area contributed by atoms with Crippen molar-refractivity contribution >= 4 is 33.6 Å². The number of hydrogen-bond acceptors (Lipinski definition) is 7.